The Labute approximate surface area is 643 Å². The number of allylic oxidation sites excluding steroid dienone is 4. The summed E-state index contributed by atoms with van der Waals surface area (Å²) in [6.07, 6.45) is 74.6. The second-order valence-corrected chi connectivity index (χ2v) is 33.4. The lowest BCUT2D eigenvalue weighted by atomic mass is 9.99. The Morgan fingerprint density at radius 1 is 0.305 bits per heavy atom. The molecule has 105 heavy (non-hydrogen) atoms. The van der Waals surface area contributed by atoms with Gasteiger partial charge < -0.3 is 33.8 Å². The maximum atomic E-state index is 13.1. The maximum Gasteiger partial charge on any atom is 0.472 e. The summed E-state index contributed by atoms with van der Waals surface area (Å²) in [6.45, 7) is 7.33. The van der Waals surface area contributed by atoms with Crippen molar-refractivity contribution in [1.82, 2.24) is 0 Å². The van der Waals surface area contributed by atoms with Gasteiger partial charge in [0, 0.05) is 25.7 Å². The third kappa shape index (κ3) is 78.0. The van der Waals surface area contributed by atoms with Crippen LogP contribution in [0, 0.1) is 5.92 Å². The van der Waals surface area contributed by atoms with Gasteiger partial charge in [0.05, 0.1) is 26.4 Å². The summed E-state index contributed by atoms with van der Waals surface area (Å²) in [5.74, 6) is -1.27. The molecule has 620 valence electrons. The maximum absolute atomic E-state index is 13.1. The number of esters is 4. The van der Waals surface area contributed by atoms with E-state index >= 15 is 0 Å². The molecule has 3 unspecified atom stereocenters. The van der Waals surface area contributed by atoms with Crippen molar-refractivity contribution in [3.8, 4) is 0 Å². The van der Waals surface area contributed by atoms with E-state index in [9.17, 15) is 43.2 Å². The van der Waals surface area contributed by atoms with E-state index in [1.807, 2.05) is 0 Å². The van der Waals surface area contributed by atoms with Crippen molar-refractivity contribution in [2.24, 2.45) is 5.92 Å². The summed E-state index contributed by atoms with van der Waals surface area (Å²) in [6, 6.07) is 0. The van der Waals surface area contributed by atoms with Crippen LogP contribution in [0.3, 0.4) is 0 Å². The first-order chi connectivity index (χ1) is 51.1. The zero-order chi connectivity index (χ0) is 76.9. The predicted molar refractivity (Wildman–Crippen MR) is 432 cm³/mol. The molecule has 0 bridgehead atoms. The molecule has 0 rings (SSSR count). The summed E-state index contributed by atoms with van der Waals surface area (Å²) in [5, 5.41) is 10.7. The first-order valence-corrected chi connectivity index (χ1v) is 47.0. The van der Waals surface area contributed by atoms with Crippen LogP contribution in [0.2, 0.25) is 0 Å². The van der Waals surface area contributed by atoms with Crippen molar-refractivity contribution < 1.29 is 80.2 Å². The largest absolute Gasteiger partial charge is 0.472 e. The van der Waals surface area contributed by atoms with Gasteiger partial charge in [0.2, 0.25) is 0 Å². The fourth-order valence-electron chi connectivity index (χ4n) is 12.9. The van der Waals surface area contributed by atoms with E-state index in [1.165, 1.54) is 244 Å². The van der Waals surface area contributed by atoms with Gasteiger partial charge >= 0.3 is 39.5 Å². The second-order valence-electron chi connectivity index (χ2n) is 30.5. The van der Waals surface area contributed by atoms with Crippen LogP contribution in [0.5, 0.6) is 0 Å². The number of aliphatic hydroxyl groups is 1. The van der Waals surface area contributed by atoms with E-state index < -0.39 is 97.5 Å². The van der Waals surface area contributed by atoms with Crippen LogP contribution >= 0.6 is 15.6 Å². The second kappa shape index (κ2) is 78.2. The lowest BCUT2D eigenvalue weighted by Crippen LogP contribution is -2.30. The first-order valence-electron chi connectivity index (χ1n) is 44.0. The first kappa shape index (κ1) is 103. The van der Waals surface area contributed by atoms with Gasteiger partial charge in [-0.25, -0.2) is 9.13 Å². The van der Waals surface area contributed by atoms with Gasteiger partial charge in [-0.15, -0.1) is 0 Å². The third-order valence-corrected chi connectivity index (χ3v) is 21.9. The summed E-state index contributed by atoms with van der Waals surface area (Å²) >= 11 is 0. The number of phosphoric acid groups is 2. The highest BCUT2D eigenvalue weighted by Crippen LogP contribution is 2.45. The number of carbonyl (C=O) groups excluding carboxylic acids is 4. The van der Waals surface area contributed by atoms with Crippen LogP contribution in [-0.4, -0.2) is 96.7 Å². The molecule has 6 atom stereocenters. The molecule has 0 amide bonds. The number of phosphoric ester groups is 2. The molecule has 0 radical (unpaired) electrons. The van der Waals surface area contributed by atoms with E-state index in [2.05, 4.69) is 58.9 Å². The molecule has 0 aliphatic heterocycles. The molecular formula is C86H164O17P2. The Kier molecular flexibility index (Phi) is 76.4. The van der Waals surface area contributed by atoms with E-state index in [0.29, 0.717) is 25.7 Å². The molecular weight excluding hydrogens is 1370 g/mol. The minimum Gasteiger partial charge on any atom is -0.462 e. The normalized spacial score (nSPS) is 14.2. The number of carbonyl (C=O) groups is 4. The van der Waals surface area contributed by atoms with Crippen molar-refractivity contribution in [2.75, 3.05) is 39.6 Å². The Morgan fingerprint density at radius 3 is 0.810 bits per heavy atom. The van der Waals surface area contributed by atoms with E-state index in [-0.39, 0.29) is 25.7 Å². The minimum absolute atomic E-state index is 0.0853. The Hall–Kier alpha value is -2.46. The molecule has 0 saturated carbocycles. The fourth-order valence-corrected chi connectivity index (χ4v) is 14.5. The number of ether oxygens (including phenoxy) is 4. The van der Waals surface area contributed by atoms with E-state index in [1.54, 1.807) is 0 Å². The Bertz CT molecular complexity index is 2090. The highest BCUT2D eigenvalue weighted by Gasteiger charge is 2.30. The number of hydrogen-bond acceptors (Lipinski definition) is 15. The van der Waals surface area contributed by atoms with Crippen LogP contribution < -0.4 is 0 Å². The zero-order valence-electron chi connectivity index (χ0n) is 68.4. The molecule has 0 aliphatic rings. The number of unbranched alkanes of at least 4 members (excludes halogenated alkanes) is 52. The molecule has 0 heterocycles. The van der Waals surface area contributed by atoms with Gasteiger partial charge in [0.15, 0.2) is 12.2 Å². The van der Waals surface area contributed by atoms with E-state index in [4.69, 9.17) is 37.0 Å². The number of rotatable bonds is 84. The molecule has 3 N–H and O–H groups in total. The fraction of sp³-hybridized carbons (Fsp3) is 0.907. The predicted octanol–water partition coefficient (Wildman–Crippen LogP) is 25.9. The van der Waals surface area contributed by atoms with Crippen molar-refractivity contribution in [3.63, 3.8) is 0 Å². The van der Waals surface area contributed by atoms with Crippen LogP contribution in [0.1, 0.15) is 439 Å². The van der Waals surface area contributed by atoms with Gasteiger partial charge in [0.25, 0.3) is 0 Å². The van der Waals surface area contributed by atoms with Crippen molar-refractivity contribution in [1.29, 1.82) is 0 Å². The highest BCUT2D eigenvalue weighted by atomic mass is 31.2. The molecule has 0 aromatic heterocycles. The van der Waals surface area contributed by atoms with Crippen molar-refractivity contribution in [3.05, 3.63) is 24.3 Å². The minimum atomic E-state index is -4.97. The highest BCUT2D eigenvalue weighted by molar-refractivity contribution is 7.47. The van der Waals surface area contributed by atoms with Crippen LogP contribution in [0.4, 0.5) is 0 Å². The van der Waals surface area contributed by atoms with Gasteiger partial charge in [-0.1, -0.05) is 386 Å². The van der Waals surface area contributed by atoms with E-state index in [0.717, 1.165) is 115 Å². The molecule has 0 aromatic rings. The molecule has 0 fully saturated rings. The quantitative estimate of drug-likeness (QED) is 0.0169. The zero-order valence-corrected chi connectivity index (χ0v) is 70.1. The number of hydrogen-bond donors (Lipinski definition) is 3. The van der Waals surface area contributed by atoms with Crippen LogP contribution in [0.15, 0.2) is 24.3 Å². The molecule has 0 saturated heterocycles. The molecule has 0 aromatic carbocycles. The van der Waals surface area contributed by atoms with Gasteiger partial charge in [-0.3, -0.25) is 37.3 Å². The van der Waals surface area contributed by atoms with Crippen molar-refractivity contribution in [2.45, 2.75) is 457 Å². The summed E-state index contributed by atoms with van der Waals surface area (Å²) in [7, 11) is -9.93. The Morgan fingerprint density at radius 2 is 0.533 bits per heavy atom. The number of aliphatic hydroxyl groups excluding tert-OH is 1. The van der Waals surface area contributed by atoms with Crippen LogP contribution in [-0.2, 0) is 65.4 Å². The smallest absolute Gasteiger partial charge is 0.462 e. The van der Waals surface area contributed by atoms with Crippen molar-refractivity contribution >= 4 is 39.5 Å². The molecule has 17 nitrogen and oxygen atoms in total. The lowest BCUT2D eigenvalue weighted by molar-refractivity contribution is -0.161. The summed E-state index contributed by atoms with van der Waals surface area (Å²) in [5.41, 5.74) is 0. The standard InChI is InChI=1S/C86H164O17P2/c1-6-10-13-16-19-22-24-26-28-29-30-31-35-39-42-46-50-55-60-65-70-84(89)97-76-82(103-86(91)72-67-62-57-52-48-44-40-36-33-32-34-38-41-45-49-53-58-63-68-79(5)9-4)78-101-105(94,95)99-74-80(87)73-98-104(92,93)100-77-81(75-96-83(88)69-64-59-54-21-18-15-12-8-3)102-85(90)71-66-61-56-51-47-43-37-27-25-23-20-17-14-11-7-2/h23,25,27,37,79-82,87H,6-22,24,26,28-36,38-78H2,1-5H3,(H,92,93)(H,94,95)/b25-23-,37-27-/t79?,80-,81+,82+/m0/s1. The monoisotopic (exact) mass is 1530 g/mol. The average molecular weight is 1530 g/mol. The average Bonchev–Trinajstić information content (AvgIpc) is 3.83. The molecule has 0 aliphatic carbocycles. The van der Waals surface area contributed by atoms with Crippen LogP contribution in [0.25, 0.3) is 0 Å². The lowest BCUT2D eigenvalue weighted by Gasteiger charge is -2.21. The SMILES string of the molecule is CCCCCC/C=C\C=C/CCCCCCCC(=O)O[C@H](COC(=O)CCCCCCCCCC)COP(=O)(O)OC[C@H](O)COP(=O)(O)OC[C@@H](COC(=O)CCCCCCCCCCCCCCCCCCCCCC)OC(=O)CCCCCCCCCCCCCCCCCCCCC(C)CC. The van der Waals surface area contributed by atoms with Gasteiger partial charge in [-0.05, 0) is 57.3 Å². The molecule has 0 spiro atoms. The summed E-state index contributed by atoms with van der Waals surface area (Å²) in [4.78, 5) is 73.1. The topological polar surface area (TPSA) is 237 Å². The molecule has 19 heteroatoms. The van der Waals surface area contributed by atoms with Gasteiger partial charge in [0.1, 0.15) is 19.3 Å². The Balaban J connectivity index is 5.21. The third-order valence-electron chi connectivity index (χ3n) is 20.0. The summed E-state index contributed by atoms with van der Waals surface area (Å²) < 4.78 is 68.7. The van der Waals surface area contributed by atoms with Gasteiger partial charge in [-0.2, -0.15) is 0 Å².